The Labute approximate surface area is 95.0 Å². The van der Waals surface area contributed by atoms with Gasteiger partial charge in [0.2, 0.25) is 0 Å². The molecule has 1 rings (SSSR count). The molecule has 1 aromatic rings. The van der Waals surface area contributed by atoms with Crippen molar-refractivity contribution in [2.45, 2.75) is 33.7 Å². The van der Waals surface area contributed by atoms with Crippen molar-refractivity contribution in [3.8, 4) is 0 Å². The van der Waals surface area contributed by atoms with Gasteiger partial charge in [0.15, 0.2) is 0 Å². The standard InChI is InChI=1S/C11H18N2O3/c1-4-16-7-5-6-13-9(3)10(11(14)15)8(2)12-13/h4-7H2,1-3H3,(H,14,15). The number of hydrogen-bond acceptors (Lipinski definition) is 3. The van der Waals surface area contributed by atoms with Crippen molar-refractivity contribution in [1.82, 2.24) is 9.78 Å². The average Bonchev–Trinajstić information content (AvgIpc) is 2.49. The average molecular weight is 226 g/mol. The van der Waals surface area contributed by atoms with Crippen LogP contribution in [0.2, 0.25) is 0 Å². The molecule has 1 heterocycles. The molecule has 5 nitrogen and oxygen atoms in total. The molecule has 0 aromatic carbocycles. The Morgan fingerprint density at radius 1 is 1.50 bits per heavy atom. The van der Waals surface area contributed by atoms with Crippen LogP contribution >= 0.6 is 0 Å². The molecule has 0 fully saturated rings. The Morgan fingerprint density at radius 3 is 2.69 bits per heavy atom. The van der Waals surface area contributed by atoms with E-state index in [0.29, 0.717) is 36.7 Å². The van der Waals surface area contributed by atoms with Crippen LogP contribution in [0, 0.1) is 13.8 Å². The number of aromatic nitrogens is 2. The summed E-state index contributed by atoms with van der Waals surface area (Å²) in [7, 11) is 0. The van der Waals surface area contributed by atoms with Crippen molar-refractivity contribution in [3.63, 3.8) is 0 Å². The molecule has 0 aliphatic rings. The molecule has 5 heteroatoms. The van der Waals surface area contributed by atoms with Gasteiger partial charge in [-0.25, -0.2) is 4.79 Å². The summed E-state index contributed by atoms with van der Waals surface area (Å²) in [4.78, 5) is 11.0. The zero-order chi connectivity index (χ0) is 12.1. The fourth-order valence-corrected chi connectivity index (χ4v) is 1.68. The van der Waals surface area contributed by atoms with E-state index >= 15 is 0 Å². The molecule has 1 aromatic heterocycles. The van der Waals surface area contributed by atoms with Crippen molar-refractivity contribution in [1.29, 1.82) is 0 Å². The molecule has 1 N–H and O–H groups in total. The van der Waals surface area contributed by atoms with E-state index in [4.69, 9.17) is 9.84 Å². The molecule has 0 amide bonds. The first-order valence-corrected chi connectivity index (χ1v) is 5.43. The molecule has 16 heavy (non-hydrogen) atoms. The molecule has 90 valence electrons. The molecule has 0 aliphatic heterocycles. The Morgan fingerprint density at radius 2 is 2.19 bits per heavy atom. The van der Waals surface area contributed by atoms with Gasteiger partial charge in [-0.15, -0.1) is 0 Å². The third-order valence-electron chi connectivity index (χ3n) is 2.46. The lowest BCUT2D eigenvalue weighted by atomic mass is 10.2. The first-order chi connectivity index (χ1) is 7.57. The number of hydrogen-bond donors (Lipinski definition) is 1. The van der Waals surface area contributed by atoms with Crippen LogP contribution in [-0.4, -0.2) is 34.1 Å². The lowest BCUT2D eigenvalue weighted by Crippen LogP contribution is -2.07. The summed E-state index contributed by atoms with van der Waals surface area (Å²) in [5.74, 6) is -0.911. The van der Waals surface area contributed by atoms with Gasteiger partial charge in [0.05, 0.1) is 11.4 Å². The van der Waals surface area contributed by atoms with Crippen LogP contribution in [0.5, 0.6) is 0 Å². The maximum Gasteiger partial charge on any atom is 0.339 e. The second-order valence-electron chi connectivity index (χ2n) is 3.62. The summed E-state index contributed by atoms with van der Waals surface area (Å²) in [6, 6.07) is 0. The smallest absolute Gasteiger partial charge is 0.339 e. The molecule has 0 saturated carbocycles. The van der Waals surface area contributed by atoms with E-state index < -0.39 is 5.97 Å². The number of carbonyl (C=O) groups is 1. The van der Waals surface area contributed by atoms with Gasteiger partial charge in [-0.05, 0) is 27.2 Å². The van der Waals surface area contributed by atoms with E-state index in [2.05, 4.69) is 5.10 Å². The lowest BCUT2D eigenvalue weighted by molar-refractivity contribution is 0.0695. The Hall–Kier alpha value is -1.36. The highest BCUT2D eigenvalue weighted by Gasteiger charge is 2.16. The highest BCUT2D eigenvalue weighted by molar-refractivity contribution is 5.90. The van der Waals surface area contributed by atoms with Crippen molar-refractivity contribution in [2.75, 3.05) is 13.2 Å². The van der Waals surface area contributed by atoms with E-state index in [-0.39, 0.29) is 0 Å². The third kappa shape index (κ3) is 2.82. The van der Waals surface area contributed by atoms with Gasteiger partial charge in [0.25, 0.3) is 0 Å². The second-order valence-corrected chi connectivity index (χ2v) is 3.62. The summed E-state index contributed by atoms with van der Waals surface area (Å²) < 4.78 is 6.96. The third-order valence-corrected chi connectivity index (χ3v) is 2.46. The highest BCUT2D eigenvalue weighted by Crippen LogP contribution is 2.13. The molecule has 0 bridgehead atoms. The van der Waals surface area contributed by atoms with Gasteiger partial charge in [-0.1, -0.05) is 0 Å². The summed E-state index contributed by atoms with van der Waals surface area (Å²) in [6.07, 6.45) is 0.842. The first kappa shape index (κ1) is 12.7. The summed E-state index contributed by atoms with van der Waals surface area (Å²) >= 11 is 0. The summed E-state index contributed by atoms with van der Waals surface area (Å²) in [5, 5.41) is 13.2. The van der Waals surface area contributed by atoms with Gasteiger partial charge >= 0.3 is 5.97 Å². The maximum absolute atomic E-state index is 11.0. The molecule has 0 atom stereocenters. The number of aromatic carboxylic acids is 1. The number of ether oxygens (including phenoxy) is 1. The fourth-order valence-electron chi connectivity index (χ4n) is 1.68. The van der Waals surface area contributed by atoms with E-state index in [1.165, 1.54) is 0 Å². The lowest BCUT2D eigenvalue weighted by Gasteiger charge is -2.04. The monoisotopic (exact) mass is 226 g/mol. The zero-order valence-corrected chi connectivity index (χ0v) is 9.99. The van der Waals surface area contributed by atoms with E-state index in [1.54, 1.807) is 18.5 Å². The number of nitrogens with zero attached hydrogens (tertiary/aromatic N) is 2. The van der Waals surface area contributed by atoms with Crippen molar-refractivity contribution < 1.29 is 14.6 Å². The Kier molecular flexibility index (Phi) is 4.49. The largest absolute Gasteiger partial charge is 0.478 e. The molecular weight excluding hydrogens is 208 g/mol. The minimum absolute atomic E-state index is 0.316. The maximum atomic E-state index is 11.0. The number of aryl methyl sites for hydroxylation is 2. The topological polar surface area (TPSA) is 64.4 Å². The molecule has 0 spiro atoms. The molecule has 0 unspecified atom stereocenters. The fraction of sp³-hybridized carbons (Fsp3) is 0.636. The number of carboxylic acids is 1. The van der Waals surface area contributed by atoms with Crippen LogP contribution in [0.25, 0.3) is 0 Å². The van der Waals surface area contributed by atoms with Crippen LogP contribution in [0.1, 0.15) is 35.1 Å². The van der Waals surface area contributed by atoms with E-state index in [9.17, 15) is 4.79 Å². The van der Waals surface area contributed by atoms with E-state index in [0.717, 1.165) is 6.42 Å². The second kappa shape index (κ2) is 5.65. The SMILES string of the molecule is CCOCCCn1nc(C)c(C(=O)O)c1C. The minimum atomic E-state index is -0.911. The predicted octanol–water partition coefficient (Wildman–Crippen LogP) is 1.62. The van der Waals surface area contributed by atoms with E-state index in [1.807, 2.05) is 6.92 Å². The molecular formula is C11H18N2O3. The van der Waals surface area contributed by atoms with Crippen LogP contribution in [0.15, 0.2) is 0 Å². The van der Waals surface area contributed by atoms with Gasteiger partial charge < -0.3 is 9.84 Å². The zero-order valence-electron chi connectivity index (χ0n) is 9.99. The van der Waals surface area contributed by atoms with Gasteiger partial charge in [-0.3, -0.25) is 4.68 Å². The number of carboxylic acid groups (broad SMARTS) is 1. The highest BCUT2D eigenvalue weighted by atomic mass is 16.5. The summed E-state index contributed by atoms with van der Waals surface area (Å²) in [6.45, 7) is 7.53. The van der Waals surface area contributed by atoms with Gasteiger partial charge in [-0.2, -0.15) is 5.10 Å². The Balaban J connectivity index is 2.67. The first-order valence-electron chi connectivity index (χ1n) is 5.43. The minimum Gasteiger partial charge on any atom is -0.478 e. The molecule has 0 saturated heterocycles. The quantitative estimate of drug-likeness (QED) is 0.749. The van der Waals surface area contributed by atoms with Crippen LogP contribution in [0.4, 0.5) is 0 Å². The van der Waals surface area contributed by atoms with Crippen molar-refractivity contribution >= 4 is 5.97 Å². The van der Waals surface area contributed by atoms with Crippen LogP contribution in [0.3, 0.4) is 0 Å². The van der Waals surface area contributed by atoms with Crippen LogP contribution < -0.4 is 0 Å². The molecule has 0 radical (unpaired) electrons. The molecule has 0 aliphatic carbocycles. The predicted molar refractivity (Wildman–Crippen MR) is 59.8 cm³/mol. The van der Waals surface area contributed by atoms with Gasteiger partial charge in [0.1, 0.15) is 5.56 Å². The summed E-state index contributed by atoms with van der Waals surface area (Å²) in [5.41, 5.74) is 1.60. The van der Waals surface area contributed by atoms with Gasteiger partial charge in [0, 0.05) is 19.8 Å². The normalized spacial score (nSPS) is 10.7. The number of rotatable bonds is 6. The van der Waals surface area contributed by atoms with Crippen LogP contribution in [-0.2, 0) is 11.3 Å². The van der Waals surface area contributed by atoms with Crippen molar-refractivity contribution in [3.05, 3.63) is 17.0 Å². The Bertz CT molecular complexity index is 372. The van der Waals surface area contributed by atoms with Crippen molar-refractivity contribution in [2.24, 2.45) is 0 Å².